The van der Waals surface area contributed by atoms with E-state index in [-0.39, 0.29) is 11.7 Å². The number of furan rings is 1. The van der Waals surface area contributed by atoms with E-state index in [1.165, 1.54) is 13.5 Å². The number of rotatable bonds is 13. The van der Waals surface area contributed by atoms with Crippen LogP contribution in [0, 0.1) is 0 Å². The maximum Gasteiger partial charge on any atom is 0.306 e. The summed E-state index contributed by atoms with van der Waals surface area (Å²) in [5.74, 6) is 1.13. The lowest BCUT2D eigenvalue weighted by atomic mass is 10.1. The van der Waals surface area contributed by atoms with Crippen LogP contribution in [0.1, 0.15) is 56.8 Å². The molecule has 0 N–H and O–H groups in total. The van der Waals surface area contributed by atoms with Gasteiger partial charge in [0, 0.05) is 13.0 Å². The minimum absolute atomic E-state index is 0.0318. The molecule has 2 aromatic rings. The quantitative estimate of drug-likeness (QED) is 0.338. The van der Waals surface area contributed by atoms with Crippen LogP contribution < -0.4 is 8.92 Å². The molecule has 7 nitrogen and oxygen atoms in total. The molecular formula is C22H31NO6S. The van der Waals surface area contributed by atoms with E-state index < -0.39 is 10.1 Å². The van der Waals surface area contributed by atoms with Gasteiger partial charge in [0.1, 0.15) is 5.76 Å². The van der Waals surface area contributed by atoms with Crippen LogP contribution in [0.15, 0.2) is 41.0 Å². The molecule has 0 spiro atoms. The molecule has 0 aliphatic carbocycles. The van der Waals surface area contributed by atoms with Gasteiger partial charge in [0.15, 0.2) is 11.5 Å². The smallest absolute Gasteiger partial charge is 0.306 e. The van der Waals surface area contributed by atoms with E-state index in [1.807, 2.05) is 6.07 Å². The molecule has 30 heavy (non-hydrogen) atoms. The van der Waals surface area contributed by atoms with Crippen molar-refractivity contribution < 1.29 is 26.5 Å². The first-order valence-corrected chi connectivity index (χ1v) is 12.0. The summed E-state index contributed by atoms with van der Waals surface area (Å²) < 4.78 is 38.8. The molecular weight excluding hydrogens is 406 g/mol. The SMILES string of the molecule is CCCCCCCC(=O)N(Cc1ccc(OC)c(OS(C)(=O)=O)c1)Cc1ccco1. The first-order chi connectivity index (χ1) is 14.3. The molecule has 0 saturated carbocycles. The number of unbranched alkanes of at least 4 members (excludes halogenated alkanes) is 4. The minimum Gasteiger partial charge on any atom is -0.493 e. The Balaban J connectivity index is 2.14. The van der Waals surface area contributed by atoms with E-state index in [0.29, 0.717) is 31.0 Å². The molecule has 0 aliphatic rings. The number of nitrogens with zero attached hydrogens (tertiary/aromatic N) is 1. The van der Waals surface area contributed by atoms with Gasteiger partial charge in [0.05, 0.1) is 26.2 Å². The van der Waals surface area contributed by atoms with Crippen molar-refractivity contribution in [2.75, 3.05) is 13.4 Å². The average molecular weight is 438 g/mol. The molecule has 0 aliphatic heterocycles. The third-order valence-electron chi connectivity index (χ3n) is 4.62. The number of ether oxygens (including phenoxy) is 1. The lowest BCUT2D eigenvalue weighted by Crippen LogP contribution is -2.29. The van der Waals surface area contributed by atoms with Crippen molar-refractivity contribution in [3.63, 3.8) is 0 Å². The fourth-order valence-electron chi connectivity index (χ4n) is 3.13. The summed E-state index contributed by atoms with van der Waals surface area (Å²) in [5, 5.41) is 0. The fraction of sp³-hybridized carbons (Fsp3) is 0.500. The third-order valence-corrected chi connectivity index (χ3v) is 5.10. The van der Waals surface area contributed by atoms with E-state index in [2.05, 4.69) is 6.92 Å². The van der Waals surface area contributed by atoms with E-state index >= 15 is 0 Å². The summed E-state index contributed by atoms with van der Waals surface area (Å²) in [5.41, 5.74) is 0.736. The summed E-state index contributed by atoms with van der Waals surface area (Å²) in [6.45, 7) is 2.81. The topological polar surface area (TPSA) is 86.0 Å². The molecule has 0 atom stereocenters. The van der Waals surface area contributed by atoms with Crippen LogP contribution in [0.4, 0.5) is 0 Å². The monoisotopic (exact) mass is 437 g/mol. The van der Waals surface area contributed by atoms with Gasteiger partial charge in [-0.25, -0.2) is 0 Å². The van der Waals surface area contributed by atoms with Crippen molar-refractivity contribution >= 4 is 16.0 Å². The van der Waals surface area contributed by atoms with E-state index in [0.717, 1.165) is 37.5 Å². The van der Waals surface area contributed by atoms with Gasteiger partial charge in [0.25, 0.3) is 0 Å². The summed E-state index contributed by atoms with van der Waals surface area (Å²) in [4.78, 5) is 14.6. The highest BCUT2D eigenvalue weighted by atomic mass is 32.2. The van der Waals surface area contributed by atoms with Crippen LogP contribution in [0.5, 0.6) is 11.5 Å². The standard InChI is InChI=1S/C22H31NO6S/c1-4-5-6-7-8-11-22(24)23(17-19-10-9-14-28-19)16-18-12-13-20(27-2)21(15-18)29-30(3,25)26/h9-10,12-15H,4-8,11,16-17H2,1-3H3. The molecule has 2 rings (SSSR count). The van der Waals surface area contributed by atoms with Crippen molar-refractivity contribution in [1.82, 2.24) is 4.90 Å². The molecule has 0 unspecified atom stereocenters. The van der Waals surface area contributed by atoms with Gasteiger partial charge >= 0.3 is 10.1 Å². The van der Waals surface area contributed by atoms with Crippen LogP contribution in [0.3, 0.4) is 0 Å². The van der Waals surface area contributed by atoms with Gasteiger partial charge < -0.3 is 18.2 Å². The van der Waals surface area contributed by atoms with E-state index in [9.17, 15) is 13.2 Å². The molecule has 1 heterocycles. The van der Waals surface area contributed by atoms with Crippen molar-refractivity contribution in [1.29, 1.82) is 0 Å². The molecule has 166 valence electrons. The first-order valence-electron chi connectivity index (χ1n) is 10.2. The summed E-state index contributed by atoms with van der Waals surface area (Å²) in [6, 6.07) is 8.62. The Hall–Kier alpha value is -2.48. The Labute approximate surface area is 179 Å². The predicted octanol–water partition coefficient (Wildman–Crippen LogP) is 4.52. The second-order valence-electron chi connectivity index (χ2n) is 7.27. The normalized spacial score (nSPS) is 11.3. The number of methoxy groups -OCH3 is 1. The van der Waals surface area contributed by atoms with Gasteiger partial charge in [-0.2, -0.15) is 8.42 Å². The number of benzene rings is 1. The second-order valence-corrected chi connectivity index (χ2v) is 8.84. The highest BCUT2D eigenvalue weighted by molar-refractivity contribution is 7.86. The lowest BCUT2D eigenvalue weighted by Gasteiger charge is -2.22. The second kappa shape index (κ2) is 11.6. The highest BCUT2D eigenvalue weighted by Gasteiger charge is 2.18. The van der Waals surface area contributed by atoms with Crippen molar-refractivity contribution in [3.8, 4) is 11.5 Å². The predicted molar refractivity (Wildman–Crippen MR) is 115 cm³/mol. The number of hydrogen-bond acceptors (Lipinski definition) is 6. The zero-order valence-corrected chi connectivity index (χ0v) is 18.7. The van der Waals surface area contributed by atoms with Gasteiger partial charge in [-0.15, -0.1) is 0 Å². The van der Waals surface area contributed by atoms with Gasteiger partial charge in [-0.05, 0) is 36.2 Å². The van der Waals surface area contributed by atoms with E-state index in [1.54, 1.807) is 35.4 Å². The van der Waals surface area contributed by atoms with Gasteiger partial charge in [0.2, 0.25) is 5.91 Å². The van der Waals surface area contributed by atoms with Crippen molar-refractivity contribution in [2.24, 2.45) is 0 Å². The first kappa shape index (κ1) is 23.8. The van der Waals surface area contributed by atoms with Crippen LogP contribution in [0.25, 0.3) is 0 Å². The summed E-state index contributed by atoms with van der Waals surface area (Å²) in [6.07, 6.45) is 8.37. The third kappa shape index (κ3) is 8.10. The molecule has 0 saturated heterocycles. The summed E-state index contributed by atoms with van der Waals surface area (Å²) in [7, 11) is -2.27. The Morgan fingerprint density at radius 2 is 1.83 bits per heavy atom. The zero-order valence-electron chi connectivity index (χ0n) is 17.9. The highest BCUT2D eigenvalue weighted by Crippen LogP contribution is 2.30. The van der Waals surface area contributed by atoms with Crippen LogP contribution >= 0.6 is 0 Å². The van der Waals surface area contributed by atoms with Gasteiger partial charge in [-0.1, -0.05) is 38.7 Å². The number of amides is 1. The molecule has 1 amide bonds. The van der Waals surface area contributed by atoms with Crippen LogP contribution in [0.2, 0.25) is 0 Å². The molecule has 1 aromatic carbocycles. The van der Waals surface area contributed by atoms with Crippen molar-refractivity contribution in [2.45, 2.75) is 58.5 Å². The maximum absolute atomic E-state index is 12.9. The van der Waals surface area contributed by atoms with E-state index in [4.69, 9.17) is 13.3 Å². The Bertz CT molecular complexity index is 892. The van der Waals surface area contributed by atoms with Gasteiger partial charge in [-0.3, -0.25) is 4.79 Å². The molecule has 0 radical (unpaired) electrons. The number of carbonyl (C=O) groups excluding carboxylic acids is 1. The molecule has 0 bridgehead atoms. The fourth-order valence-corrected chi connectivity index (χ4v) is 3.59. The number of carbonyl (C=O) groups is 1. The van der Waals surface area contributed by atoms with Crippen LogP contribution in [-0.2, 0) is 28.0 Å². The maximum atomic E-state index is 12.9. The summed E-state index contributed by atoms with van der Waals surface area (Å²) >= 11 is 0. The molecule has 8 heteroatoms. The molecule has 1 aromatic heterocycles. The minimum atomic E-state index is -3.71. The van der Waals surface area contributed by atoms with Crippen molar-refractivity contribution in [3.05, 3.63) is 47.9 Å². The average Bonchev–Trinajstić information content (AvgIpc) is 3.19. The Morgan fingerprint density at radius 1 is 1.07 bits per heavy atom. The Kier molecular flexibility index (Phi) is 9.23. The largest absolute Gasteiger partial charge is 0.493 e. The zero-order chi connectivity index (χ0) is 22.0. The number of hydrogen-bond donors (Lipinski definition) is 0. The molecule has 0 fully saturated rings. The lowest BCUT2D eigenvalue weighted by molar-refractivity contribution is -0.132. The van der Waals surface area contributed by atoms with Crippen LogP contribution in [-0.4, -0.2) is 32.6 Å². The Morgan fingerprint density at radius 3 is 2.47 bits per heavy atom.